The number of benzene rings is 1. The molecule has 1 aromatic carbocycles. The van der Waals surface area contributed by atoms with Crippen LogP contribution in [0.1, 0.15) is 17.4 Å². The third-order valence-electron chi connectivity index (χ3n) is 3.10. The predicted octanol–water partition coefficient (Wildman–Crippen LogP) is 2.77. The lowest BCUT2D eigenvalue weighted by Crippen LogP contribution is -2.44. The summed E-state index contributed by atoms with van der Waals surface area (Å²) in [6, 6.07) is 11.6. The summed E-state index contributed by atoms with van der Waals surface area (Å²) < 4.78 is 5.36. The molecular weight excluding hydrogens is 344 g/mol. The maximum atomic E-state index is 11.6. The molecule has 2 N–H and O–H groups in total. The minimum atomic E-state index is -0.397. The van der Waals surface area contributed by atoms with E-state index in [4.69, 9.17) is 4.74 Å². The highest BCUT2D eigenvalue weighted by atomic mass is 32.2. The van der Waals surface area contributed by atoms with Gasteiger partial charge < -0.3 is 4.74 Å². The van der Waals surface area contributed by atoms with E-state index in [1.54, 1.807) is 11.3 Å². The van der Waals surface area contributed by atoms with Crippen molar-refractivity contribution in [1.82, 2.24) is 10.9 Å². The largest absolute Gasteiger partial charge is 0.484 e. The standard InChI is InChI=1S/C17H20N2O3S2/c1-2-13-5-7-14(8-6-13)22-10-16(20)18-19-17(21)12-23-11-15-4-3-9-24-15/h3-9H,2,10-12H2,1H3,(H,18,20)(H,19,21). The molecule has 2 rings (SSSR count). The summed E-state index contributed by atoms with van der Waals surface area (Å²) in [5.74, 6) is 1.07. The second-order valence-corrected chi connectivity index (χ2v) is 6.97. The van der Waals surface area contributed by atoms with E-state index < -0.39 is 5.91 Å². The van der Waals surface area contributed by atoms with Gasteiger partial charge in [-0.15, -0.1) is 23.1 Å². The van der Waals surface area contributed by atoms with Gasteiger partial charge >= 0.3 is 0 Å². The first-order valence-corrected chi connectivity index (χ1v) is 9.60. The zero-order valence-electron chi connectivity index (χ0n) is 13.4. The summed E-state index contributed by atoms with van der Waals surface area (Å²) in [5.41, 5.74) is 5.93. The molecule has 0 saturated heterocycles. The Kier molecular flexibility index (Phi) is 7.64. The van der Waals surface area contributed by atoms with Gasteiger partial charge in [0.2, 0.25) is 5.91 Å². The number of amides is 2. The number of hydrazine groups is 1. The van der Waals surface area contributed by atoms with E-state index in [0.29, 0.717) is 5.75 Å². The smallest absolute Gasteiger partial charge is 0.276 e. The third-order valence-corrected chi connectivity index (χ3v) is 5.14. The summed E-state index contributed by atoms with van der Waals surface area (Å²) in [5, 5.41) is 2.01. The van der Waals surface area contributed by atoms with Crippen molar-refractivity contribution in [3.63, 3.8) is 0 Å². The van der Waals surface area contributed by atoms with Crippen LogP contribution in [-0.4, -0.2) is 24.2 Å². The SMILES string of the molecule is CCc1ccc(OCC(=O)NNC(=O)CSCc2cccs2)cc1. The predicted molar refractivity (Wildman–Crippen MR) is 98.1 cm³/mol. The highest BCUT2D eigenvalue weighted by Crippen LogP contribution is 2.16. The molecule has 24 heavy (non-hydrogen) atoms. The molecule has 0 aliphatic heterocycles. The Morgan fingerprint density at radius 1 is 1.12 bits per heavy atom. The van der Waals surface area contributed by atoms with Crippen molar-refractivity contribution in [2.75, 3.05) is 12.4 Å². The highest BCUT2D eigenvalue weighted by Gasteiger charge is 2.06. The van der Waals surface area contributed by atoms with Gasteiger partial charge in [0.1, 0.15) is 5.75 Å². The fourth-order valence-corrected chi connectivity index (χ4v) is 3.49. The van der Waals surface area contributed by atoms with E-state index in [-0.39, 0.29) is 18.3 Å². The second-order valence-electron chi connectivity index (χ2n) is 4.95. The lowest BCUT2D eigenvalue weighted by atomic mass is 10.2. The van der Waals surface area contributed by atoms with Gasteiger partial charge in [0.05, 0.1) is 5.75 Å². The summed E-state index contributed by atoms with van der Waals surface area (Å²) in [7, 11) is 0. The Hall–Kier alpha value is -1.99. The molecule has 5 nitrogen and oxygen atoms in total. The Bertz CT molecular complexity index is 642. The molecule has 1 aromatic heterocycles. The van der Waals surface area contributed by atoms with Gasteiger partial charge in [-0.05, 0) is 35.6 Å². The molecule has 128 valence electrons. The van der Waals surface area contributed by atoms with Crippen LogP contribution < -0.4 is 15.6 Å². The summed E-state index contributed by atoms with van der Waals surface area (Å²) in [6.07, 6.45) is 0.956. The van der Waals surface area contributed by atoms with Crippen LogP contribution in [0.2, 0.25) is 0 Å². The molecule has 0 atom stereocenters. The fraction of sp³-hybridized carbons (Fsp3) is 0.294. The van der Waals surface area contributed by atoms with Crippen molar-refractivity contribution >= 4 is 34.9 Å². The normalized spacial score (nSPS) is 10.2. The number of thiophene rings is 1. The Morgan fingerprint density at radius 2 is 1.88 bits per heavy atom. The van der Waals surface area contributed by atoms with Crippen LogP contribution in [0, 0.1) is 0 Å². The van der Waals surface area contributed by atoms with E-state index in [2.05, 4.69) is 17.8 Å². The number of hydrogen-bond donors (Lipinski definition) is 2. The van der Waals surface area contributed by atoms with Crippen LogP contribution in [0.15, 0.2) is 41.8 Å². The second kappa shape index (κ2) is 10.00. The molecule has 0 unspecified atom stereocenters. The average molecular weight is 364 g/mol. The van der Waals surface area contributed by atoms with Crippen molar-refractivity contribution in [1.29, 1.82) is 0 Å². The zero-order valence-corrected chi connectivity index (χ0v) is 15.0. The molecule has 0 radical (unpaired) electrons. The lowest BCUT2D eigenvalue weighted by Gasteiger charge is -2.09. The van der Waals surface area contributed by atoms with Crippen molar-refractivity contribution in [2.24, 2.45) is 0 Å². The molecule has 0 bridgehead atoms. The van der Waals surface area contributed by atoms with Crippen LogP contribution >= 0.6 is 23.1 Å². The maximum Gasteiger partial charge on any atom is 0.276 e. The number of hydrogen-bond acceptors (Lipinski definition) is 5. The van der Waals surface area contributed by atoms with E-state index in [0.717, 1.165) is 12.2 Å². The van der Waals surface area contributed by atoms with Gasteiger partial charge in [-0.1, -0.05) is 25.1 Å². The molecular formula is C17H20N2O3S2. The lowest BCUT2D eigenvalue weighted by molar-refractivity contribution is -0.128. The average Bonchev–Trinajstić information content (AvgIpc) is 3.12. The van der Waals surface area contributed by atoms with Gasteiger partial charge in [-0.2, -0.15) is 0 Å². The Labute approximate surface area is 149 Å². The van der Waals surface area contributed by atoms with Crippen molar-refractivity contribution in [2.45, 2.75) is 19.1 Å². The van der Waals surface area contributed by atoms with Crippen molar-refractivity contribution in [3.05, 3.63) is 52.2 Å². The van der Waals surface area contributed by atoms with Crippen LogP contribution in [0.5, 0.6) is 5.75 Å². The molecule has 0 fully saturated rings. The Balaban J connectivity index is 1.58. The quantitative estimate of drug-likeness (QED) is 0.707. The number of nitrogens with one attached hydrogen (secondary N) is 2. The van der Waals surface area contributed by atoms with E-state index in [1.165, 1.54) is 22.2 Å². The molecule has 1 heterocycles. The van der Waals surface area contributed by atoms with Crippen LogP contribution in [0.25, 0.3) is 0 Å². The van der Waals surface area contributed by atoms with Crippen LogP contribution in [0.4, 0.5) is 0 Å². The van der Waals surface area contributed by atoms with E-state index in [1.807, 2.05) is 41.8 Å². The minimum absolute atomic E-state index is 0.145. The molecule has 7 heteroatoms. The first-order chi connectivity index (χ1) is 11.7. The highest BCUT2D eigenvalue weighted by molar-refractivity contribution is 7.99. The van der Waals surface area contributed by atoms with Crippen molar-refractivity contribution < 1.29 is 14.3 Å². The van der Waals surface area contributed by atoms with Gasteiger partial charge in [-0.25, -0.2) is 0 Å². The number of aryl methyl sites for hydroxylation is 1. The van der Waals surface area contributed by atoms with E-state index >= 15 is 0 Å². The molecule has 0 aliphatic rings. The molecule has 0 aliphatic carbocycles. The van der Waals surface area contributed by atoms with Gasteiger partial charge in [0, 0.05) is 10.6 Å². The number of carbonyl (C=O) groups is 2. The molecule has 2 amide bonds. The number of ether oxygens (including phenoxy) is 1. The first kappa shape index (κ1) is 18.4. The summed E-state index contributed by atoms with van der Waals surface area (Å²) >= 11 is 3.16. The minimum Gasteiger partial charge on any atom is -0.484 e. The monoisotopic (exact) mass is 364 g/mol. The number of thioether (sulfide) groups is 1. The van der Waals surface area contributed by atoms with Gasteiger partial charge in [0.15, 0.2) is 6.61 Å². The zero-order chi connectivity index (χ0) is 17.2. The summed E-state index contributed by atoms with van der Waals surface area (Å²) in [6.45, 7) is 1.93. The first-order valence-electron chi connectivity index (χ1n) is 7.57. The number of carbonyl (C=O) groups excluding carboxylic acids is 2. The van der Waals surface area contributed by atoms with Crippen molar-refractivity contribution in [3.8, 4) is 5.75 Å². The topological polar surface area (TPSA) is 67.4 Å². The fourth-order valence-electron chi connectivity index (χ4n) is 1.82. The maximum absolute atomic E-state index is 11.6. The van der Waals surface area contributed by atoms with Crippen LogP contribution in [-0.2, 0) is 21.8 Å². The van der Waals surface area contributed by atoms with Crippen LogP contribution in [0.3, 0.4) is 0 Å². The van der Waals surface area contributed by atoms with Gasteiger partial charge in [-0.3, -0.25) is 20.4 Å². The van der Waals surface area contributed by atoms with Gasteiger partial charge in [0.25, 0.3) is 5.91 Å². The number of rotatable bonds is 8. The summed E-state index contributed by atoms with van der Waals surface area (Å²) in [4.78, 5) is 24.5. The Morgan fingerprint density at radius 3 is 2.54 bits per heavy atom. The molecule has 0 spiro atoms. The van der Waals surface area contributed by atoms with E-state index in [9.17, 15) is 9.59 Å². The third kappa shape index (κ3) is 6.64. The molecule has 2 aromatic rings. The molecule has 0 saturated carbocycles.